The zero-order chi connectivity index (χ0) is 23.6. The number of nitrogens with zero attached hydrogens (tertiary/aromatic N) is 3. The van der Waals surface area contributed by atoms with Gasteiger partial charge in [-0.1, -0.05) is 43.5 Å². The number of carbonyl (C=O) groups excluding carboxylic acids is 1. The molecule has 1 amide bonds. The van der Waals surface area contributed by atoms with Gasteiger partial charge in [0.2, 0.25) is 12.7 Å². The number of rotatable bonds is 5. The highest BCUT2D eigenvalue weighted by molar-refractivity contribution is 5.97. The number of anilines is 1. The largest absolute Gasteiger partial charge is 0.454 e. The van der Waals surface area contributed by atoms with Gasteiger partial charge < -0.3 is 14.4 Å². The highest BCUT2D eigenvalue weighted by Crippen LogP contribution is 2.36. The molecule has 1 saturated heterocycles. The molecule has 1 saturated carbocycles. The lowest BCUT2D eigenvalue weighted by Gasteiger charge is -2.43. The number of para-hydroxylation sites is 1. The molecule has 1 aliphatic carbocycles. The second-order valence-electron chi connectivity index (χ2n) is 10.6. The van der Waals surface area contributed by atoms with Crippen LogP contribution in [0.3, 0.4) is 0 Å². The van der Waals surface area contributed by atoms with Gasteiger partial charge in [-0.2, -0.15) is 0 Å². The summed E-state index contributed by atoms with van der Waals surface area (Å²) in [6.07, 6.45) is 7.92. The monoisotopic (exact) mass is 475 g/mol. The molecule has 0 spiro atoms. The van der Waals surface area contributed by atoms with Crippen molar-refractivity contribution in [1.82, 2.24) is 9.80 Å². The first kappa shape index (κ1) is 22.9. The van der Waals surface area contributed by atoms with Gasteiger partial charge in [0.15, 0.2) is 11.5 Å². The SMILES string of the molecule is O=C(C1CCCCC1)N1c2ccccc2CCC1CN1CCN(Cc2ccc3c(c2)OCO3)CC1. The summed E-state index contributed by atoms with van der Waals surface area (Å²) in [5.41, 5.74) is 3.78. The normalized spacial score (nSPS) is 23.3. The summed E-state index contributed by atoms with van der Waals surface area (Å²) < 4.78 is 11.0. The second kappa shape index (κ2) is 10.2. The lowest BCUT2D eigenvalue weighted by molar-refractivity contribution is -0.124. The summed E-state index contributed by atoms with van der Waals surface area (Å²) in [5, 5.41) is 0. The number of hydrogen-bond donors (Lipinski definition) is 0. The Morgan fingerprint density at radius 1 is 0.857 bits per heavy atom. The van der Waals surface area contributed by atoms with Gasteiger partial charge in [0.25, 0.3) is 0 Å². The number of carbonyl (C=O) groups is 1. The Bertz CT molecular complexity index is 1040. The number of piperazine rings is 1. The number of aryl methyl sites for hydroxylation is 1. The van der Waals surface area contributed by atoms with Gasteiger partial charge in [-0.25, -0.2) is 0 Å². The van der Waals surface area contributed by atoms with Gasteiger partial charge in [0.05, 0.1) is 0 Å². The number of fused-ring (bicyclic) bond motifs is 2. The minimum absolute atomic E-state index is 0.205. The van der Waals surface area contributed by atoms with Crippen LogP contribution in [0.5, 0.6) is 11.5 Å². The fourth-order valence-electron chi connectivity index (χ4n) is 6.35. The van der Waals surface area contributed by atoms with Crippen LogP contribution < -0.4 is 14.4 Å². The number of benzene rings is 2. The zero-order valence-corrected chi connectivity index (χ0v) is 20.7. The Morgan fingerprint density at radius 2 is 1.63 bits per heavy atom. The first-order valence-electron chi connectivity index (χ1n) is 13.5. The molecule has 6 rings (SSSR count). The summed E-state index contributed by atoms with van der Waals surface area (Å²) >= 11 is 0. The molecule has 3 aliphatic heterocycles. The molecular weight excluding hydrogens is 438 g/mol. The molecule has 0 N–H and O–H groups in total. The van der Waals surface area contributed by atoms with E-state index < -0.39 is 0 Å². The molecule has 0 aromatic heterocycles. The molecule has 4 aliphatic rings. The molecule has 0 radical (unpaired) electrons. The minimum Gasteiger partial charge on any atom is -0.454 e. The van der Waals surface area contributed by atoms with Crippen LogP contribution in [-0.4, -0.2) is 61.3 Å². The molecule has 2 aromatic carbocycles. The van der Waals surface area contributed by atoms with E-state index in [4.69, 9.17) is 9.47 Å². The van der Waals surface area contributed by atoms with E-state index in [2.05, 4.69) is 51.1 Å². The maximum absolute atomic E-state index is 13.8. The van der Waals surface area contributed by atoms with Crippen LogP contribution in [0.25, 0.3) is 0 Å². The molecule has 2 aromatic rings. The van der Waals surface area contributed by atoms with Crippen LogP contribution in [0.1, 0.15) is 49.7 Å². The van der Waals surface area contributed by atoms with Crippen LogP contribution >= 0.6 is 0 Å². The molecule has 35 heavy (non-hydrogen) atoms. The van der Waals surface area contributed by atoms with Gasteiger partial charge in [-0.3, -0.25) is 14.6 Å². The summed E-state index contributed by atoms with van der Waals surface area (Å²) in [7, 11) is 0. The van der Waals surface area contributed by atoms with E-state index in [1.165, 1.54) is 36.1 Å². The van der Waals surface area contributed by atoms with Gasteiger partial charge in [-0.15, -0.1) is 0 Å². The van der Waals surface area contributed by atoms with Crippen molar-refractivity contribution >= 4 is 11.6 Å². The van der Waals surface area contributed by atoms with Crippen molar-refractivity contribution in [3.63, 3.8) is 0 Å². The predicted octanol–water partition coefficient (Wildman–Crippen LogP) is 4.46. The van der Waals surface area contributed by atoms with E-state index in [0.717, 1.165) is 76.5 Å². The van der Waals surface area contributed by atoms with Crippen molar-refractivity contribution in [2.24, 2.45) is 5.92 Å². The van der Waals surface area contributed by atoms with Crippen molar-refractivity contribution in [1.29, 1.82) is 0 Å². The van der Waals surface area contributed by atoms with Gasteiger partial charge in [0, 0.05) is 56.9 Å². The van der Waals surface area contributed by atoms with E-state index in [0.29, 0.717) is 12.7 Å². The van der Waals surface area contributed by atoms with E-state index in [-0.39, 0.29) is 12.0 Å². The van der Waals surface area contributed by atoms with E-state index in [1.807, 2.05) is 6.07 Å². The van der Waals surface area contributed by atoms with Gasteiger partial charge in [-0.05, 0) is 55.0 Å². The average molecular weight is 476 g/mol. The Labute approximate surface area is 208 Å². The maximum Gasteiger partial charge on any atom is 0.231 e. The fourth-order valence-corrected chi connectivity index (χ4v) is 6.35. The molecule has 1 unspecified atom stereocenters. The van der Waals surface area contributed by atoms with E-state index in [9.17, 15) is 4.79 Å². The van der Waals surface area contributed by atoms with Crippen LogP contribution in [0, 0.1) is 5.92 Å². The summed E-state index contributed by atoms with van der Waals surface area (Å²) in [6.45, 7) is 6.44. The number of hydrogen-bond acceptors (Lipinski definition) is 5. The average Bonchev–Trinajstić information content (AvgIpc) is 3.38. The van der Waals surface area contributed by atoms with Crippen molar-refractivity contribution < 1.29 is 14.3 Å². The van der Waals surface area contributed by atoms with E-state index >= 15 is 0 Å². The third-order valence-electron chi connectivity index (χ3n) is 8.33. The van der Waals surface area contributed by atoms with Crippen molar-refractivity contribution in [3.8, 4) is 11.5 Å². The fraction of sp³-hybridized carbons (Fsp3) is 0.552. The molecule has 2 fully saturated rings. The van der Waals surface area contributed by atoms with Crippen LogP contribution in [0.4, 0.5) is 5.69 Å². The molecule has 3 heterocycles. The summed E-state index contributed by atoms with van der Waals surface area (Å²) in [6, 6.07) is 15.1. The third kappa shape index (κ3) is 4.91. The highest BCUT2D eigenvalue weighted by atomic mass is 16.7. The Balaban J connectivity index is 1.09. The first-order chi connectivity index (χ1) is 17.2. The minimum atomic E-state index is 0.205. The maximum atomic E-state index is 13.8. The molecule has 6 nitrogen and oxygen atoms in total. The Kier molecular flexibility index (Phi) is 6.66. The van der Waals surface area contributed by atoms with Gasteiger partial charge >= 0.3 is 0 Å². The zero-order valence-electron chi connectivity index (χ0n) is 20.7. The predicted molar refractivity (Wildman–Crippen MR) is 137 cm³/mol. The molecule has 6 heteroatoms. The van der Waals surface area contributed by atoms with E-state index in [1.54, 1.807) is 0 Å². The summed E-state index contributed by atoms with van der Waals surface area (Å²) in [4.78, 5) is 21.1. The second-order valence-corrected chi connectivity index (χ2v) is 10.6. The first-order valence-corrected chi connectivity index (χ1v) is 13.5. The topological polar surface area (TPSA) is 45.3 Å². The van der Waals surface area contributed by atoms with Gasteiger partial charge in [0.1, 0.15) is 0 Å². The lowest BCUT2D eigenvalue weighted by atomic mass is 9.86. The van der Waals surface area contributed by atoms with Crippen molar-refractivity contribution in [2.75, 3.05) is 44.4 Å². The lowest BCUT2D eigenvalue weighted by Crippen LogP contribution is -2.55. The van der Waals surface area contributed by atoms with Crippen molar-refractivity contribution in [3.05, 3.63) is 53.6 Å². The summed E-state index contributed by atoms with van der Waals surface area (Å²) in [5.74, 6) is 2.29. The molecular formula is C29H37N3O3. The van der Waals surface area contributed by atoms with Crippen molar-refractivity contribution in [2.45, 2.75) is 57.5 Å². The van der Waals surface area contributed by atoms with Crippen LogP contribution in [0.15, 0.2) is 42.5 Å². The smallest absolute Gasteiger partial charge is 0.231 e. The molecule has 0 bridgehead atoms. The highest BCUT2D eigenvalue weighted by Gasteiger charge is 2.36. The van der Waals surface area contributed by atoms with Crippen LogP contribution in [0.2, 0.25) is 0 Å². The quantitative estimate of drug-likeness (QED) is 0.639. The number of ether oxygens (including phenoxy) is 2. The van der Waals surface area contributed by atoms with Crippen LogP contribution in [-0.2, 0) is 17.8 Å². The molecule has 186 valence electrons. The Hall–Kier alpha value is -2.57. The standard InChI is InChI=1S/C29H37N3O3/c33-29(24-7-2-1-3-8-24)32-25(12-11-23-6-4-5-9-26(23)32)20-31-16-14-30(15-17-31)19-22-10-13-27-28(18-22)35-21-34-27/h4-6,9-10,13,18,24-25H,1-3,7-8,11-12,14-17,19-21H2. The Morgan fingerprint density at radius 3 is 2.49 bits per heavy atom. The molecule has 1 atom stereocenters. The third-order valence-corrected chi connectivity index (χ3v) is 8.33. The number of amides is 1.